The van der Waals surface area contributed by atoms with Gasteiger partial charge in [-0.1, -0.05) is 135 Å². The molecular formula is C63H86O12. The first-order valence-corrected chi connectivity index (χ1v) is 28.8. The van der Waals surface area contributed by atoms with E-state index in [-0.39, 0.29) is 23.0 Å². The molecule has 0 saturated carbocycles. The van der Waals surface area contributed by atoms with Crippen LogP contribution in [0.3, 0.4) is 0 Å². The second-order valence-corrected chi connectivity index (χ2v) is 20.1. The SMILES string of the molecule is O=c1ccc2ccc(OCCCCCCCCCCCOCC(COCCCCCCCCCCCOc3ccc4ccc(=O)oc4c3)OCCCCCCCCCCCOc3ccc4ccc(=O)oc4c3)cc2o1. The van der Waals surface area contributed by atoms with Crippen LogP contribution in [0, 0.1) is 0 Å². The second kappa shape index (κ2) is 36.5. The molecule has 0 unspecified atom stereocenters. The van der Waals surface area contributed by atoms with Gasteiger partial charge in [-0.3, -0.25) is 0 Å². The summed E-state index contributed by atoms with van der Waals surface area (Å²) in [5.74, 6) is 2.23. The zero-order valence-electron chi connectivity index (χ0n) is 44.9. The van der Waals surface area contributed by atoms with Crippen LogP contribution in [0.2, 0.25) is 0 Å². The first-order chi connectivity index (χ1) is 37.0. The van der Waals surface area contributed by atoms with E-state index in [1.165, 1.54) is 134 Å². The average molecular weight is 1040 g/mol. The van der Waals surface area contributed by atoms with Gasteiger partial charge in [0, 0.05) is 72.4 Å². The normalized spacial score (nSPS) is 11.6. The van der Waals surface area contributed by atoms with Gasteiger partial charge in [0.15, 0.2) is 0 Å². The van der Waals surface area contributed by atoms with Gasteiger partial charge in [-0.25, -0.2) is 14.4 Å². The number of fused-ring (bicyclic) bond motifs is 3. The fraction of sp³-hybridized carbons (Fsp3) is 0.571. The summed E-state index contributed by atoms with van der Waals surface area (Å²) in [6, 6.07) is 26.6. The minimum atomic E-state index is -0.346. The maximum Gasteiger partial charge on any atom is 0.336 e. The fourth-order valence-electron chi connectivity index (χ4n) is 9.32. The first-order valence-electron chi connectivity index (χ1n) is 28.8. The monoisotopic (exact) mass is 1030 g/mol. The van der Waals surface area contributed by atoms with Crippen molar-refractivity contribution in [3.63, 3.8) is 0 Å². The van der Waals surface area contributed by atoms with Crippen molar-refractivity contribution in [1.29, 1.82) is 0 Å². The van der Waals surface area contributed by atoms with E-state index in [9.17, 15) is 14.4 Å². The van der Waals surface area contributed by atoms with E-state index in [1.807, 2.05) is 36.4 Å². The molecule has 75 heavy (non-hydrogen) atoms. The summed E-state index contributed by atoms with van der Waals surface area (Å²) in [5, 5.41) is 2.68. The third-order valence-electron chi connectivity index (χ3n) is 13.7. The van der Waals surface area contributed by atoms with Crippen LogP contribution in [0.25, 0.3) is 32.9 Å². The molecule has 3 aromatic carbocycles. The highest BCUT2D eigenvalue weighted by Crippen LogP contribution is 2.23. The smallest absolute Gasteiger partial charge is 0.336 e. The van der Waals surface area contributed by atoms with E-state index in [0.717, 1.165) is 111 Å². The van der Waals surface area contributed by atoms with Crippen LogP contribution in [0.5, 0.6) is 17.2 Å². The summed E-state index contributed by atoms with van der Waals surface area (Å²) >= 11 is 0. The molecule has 12 nitrogen and oxygen atoms in total. The number of ether oxygens (including phenoxy) is 6. The van der Waals surface area contributed by atoms with Gasteiger partial charge in [-0.05, 0) is 93.1 Å². The van der Waals surface area contributed by atoms with Crippen LogP contribution in [0.15, 0.2) is 119 Å². The van der Waals surface area contributed by atoms with Crippen LogP contribution in [0.1, 0.15) is 173 Å². The Hall–Kier alpha value is -5.43. The topological polar surface area (TPSA) is 146 Å². The van der Waals surface area contributed by atoms with Crippen molar-refractivity contribution in [2.45, 2.75) is 179 Å². The van der Waals surface area contributed by atoms with Crippen molar-refractivity contribution in [2.24, 2.45) is 0 Å². The molecule has 0 aliphatic carbocycles. The highest BCUT2D eigenvalue weighted by Gasteiger charge is 2.11. The number of hydrogen-bond donors (Lipinski definition) is 0. The Morgan fingerprint density at radius 1 is 0.293 bits per heavy atom. The van der Waals surface area contributed by atoms with Gasteiger partial charge in [0.05, 0.1) is 33.0 Å². The molecule has 0 spiro atoms. The summed E-state index contributed by atoms with van der Waals surface area (Å²) in [6.45, 7) is 5.46. The predicted octanol–water partition coefficient (Wildman–Crippen LogP) is 15.5. The fourth-order valence-corrected chi connectivity index (χ4v) is 9.32. The van der Waals surface area contributed by atoms with Crippen molar-refractivity contribution in [3.8, 4) is 17.2 Å². The molecule has 3 heterocycles. The molecule has 3 aromatic heterocycles. The molecule has 0 aliphatic heterocycles. The molecule has 410 valence electrons. The van der Waals surface area contributed by atoms with Crippen molar-refractivity contribution in [1.82, 2.24) is 0 Å². The van der Waals surface area contributed by atoms with Gasteiger partial charge in [0.2, 0.25) is 0 Å². The Morgan fingerprint density at radius 2 is 0.547 bits per heavy atom. The Bertz CT molecular complexity index is 2510. The number of benzene rings is 3. The third kappa shape index (κ3) is 24.9. The standard InChI is InChI=1S/C63H86O12/c64-61-37-31-51-28-34-54(46-58(51)73-61)69-42-24-18-12-6-1-4-10-16-22-40-67-49-57(72-45-27-21-15-9-3-8-14-20-26-44-71-56-36-30-53-33-39-63(66)75-60(53)48-56)50-68-41-23-17-11-5-2-7-13-19-25-43-70-55-35-29-52-32-38-62(65)74-59(52)47-55/h28-39,46-48,57H,1-27,40-45,49-50H2. The molecule has 6 rings (SSSR count). The Kier molecular flexibility index (Phi) is 28.7. The maximum absolute atomic E-state index is 11.5. The second-order valence-electron chi connectivity index (χ2n) is 20.1. The largest absolute Gasteiger partial charge is 0.493 e. The minimum Gasteiger partial charge on any atom is -0.493 e. The van der Waals surface area contributed by atoms with E-state index in [0.29, 0.717) is 49.8 Å². The number of rotatable bonds is 44. The van der Waals surface area contributed by atoms with Gasteiger partial charge in [0.25, 0.3) is 0 Å². The van der Waals surface area contributed by atoms with Crippen molar-refractivity contribution >= 4 is 32.9 Å². The minimum absolute atomic E-state index is 0.0306. The maximum atomic E-state index is 11.5. The van der Waals surface area contributed by atoms with Gasteiger partial charge in [-0.15, -0.1) is 0 Å². The summed E-state index contributed by atoms with van der Waals surface area (Å²) in [7, 11) is 0. The zero-order valence-corrected chi connectivity index (χ0v) is 44.9. The van der Waals surface area contributed by atoms with Crippen LogP contribution in [-0.4, -0.2) is 59.0 Å². The van der Waals surface area contributed by atoms with E-state index >= 15 is 0 Å². The van der Waals surface area contributed by atoms with Gasteiger partial charge < -0.3 is 41.7 Å². The third-order valence-corrected chi connectivity index (χ3v) is 13.7. The molecule has 0 fully saturated rings. The molecule has 0 amide bonds. The van der Waals surface area contributed by atoms with E-state index < -0.39 is 0 Å². The molecule has 0 N–H and O–H groups in total. The Labute approximate surface area is 444 Å². The van der Waals surface area contributed by atoms with Crippen LogP contribution in [-0.2, 0) is 14.2 Å². The van der Waals surface area contributed by atoms with E-state index in [1.54, 1.807) is 36.4 Å². The summed E-state index contributed by atoms with van der Waals surface area (Å²) in [6.07, 6.45) is 32.0. The number of hydrogen-bond acceptors (Lipinski definition) is 12. The molecular weight excluding hydrogens is 949 g/mol. The summed E-state index contributed by atoms with van der Waals surface area (Å²) in [4.78, 5) is 34.6. The highest BCUT2D eigenvalue weighted by molar-refractivity contribution is 5.79. The molecule has 0 atom stereocenters. The molecule has 0 saturated heterocycles. The Balaban J connectivity index is 0.738. The summed E-state index contributed by atoms with van der Waals surface area (Å²) in [5.41, 5.74) is 0.647. The summed E-state index contributed by atoms with van der Waals surface area (Å²) < 4.78 is 52.2. The quantitative estimate of drug-likeness (QED) is 0.0265. The molecule has 12 heteroatoms. The van der Waals surface area contributed by atoms with Gasteiger partial charge in [-0.2, -0.15) is 0 Å². The average Bonchev–Trinajstić information content (AvgIpc) is 3.41. The van der Waals surface area contributed by atoms with E-state index in [4.69, 9.17) is 41.7 Å². The van der Waals surface area contributed by atoms with Crippen LogP contribution in [0.4, 0.5) is 0 Å². The zero-order chi connectivity index (χ0) is 52.2. The van der Waals surface area contributed by atoms with Crippen molar-refractivity contribution in [2.75, 3.05) is 52.9 Å². The molecule has 6 aromatic rings. The van der Waals surface area contributed by atoms with Gasteiger partial charge in [0.1, 0.15) is 40.1 Å². The predicted molar refractivity (Wildman–Crippen MR) is 300 cm³/mol. The molecule has 0 bridgehead atoms. The molecule has 0 aliphatic rings. The Morgan fingerprint density at radius 3 is 0.853 bits per heavy atom. The van der Waals surface area contributed by atoms with Crippen LogP contribution < -0.4 is 31.1 Å². The van der Waals surface area contributed by atoms with Crippen molar-refractivity contribution < 1.29 is 41.7 Å². The van der Waals surface area contributed by atoms with Crippen molar-refractivity contribution in [3.05, 3.63) is 122 Å². The lowest BCUT2D eigenvalue weighted by molar-refractivity contribution is -0.0616. The highest BCUT2D eigenvalue weighted by atomic mass is 16.6. The van der Waals surface area contributed by atoms with E-state index in [2.05, 4.69) is 0 Å². The van der Waals surface area contributed by atoms with Gasteiger partial charge >= 0.3 is 16.9 Å². The lowest BCUT2D eigenvalue weighted by atomic mass is 10.1. The van der Waals surface area contributed by atoms with Crippen LogP contribution >= 0.6 is 0 Å². The number of unbranched alkanes of at least 4 members (excludes halogenated alkanes) is 24. The molecule has 0 radical (unpaired) electrons. The lowest BCUT2D eigenvalue weighted by Crippen LogP contribution is -2.26. The first kappa shape index (κ1) is 58.8. The lowest BCUT2D eigenvalue weighted by Gasteiger charge is -2.18.